The molecule has 0 aliphatic rings. The maximum atomic E-state index is 13.0. The van der Waals surface area contributed by atoms with Crippen LogP contribution in [0.25, 0.3) is 6.08 Å². The molecule has 4 nitrogen and oxygen atoms in total. The van der Waals surface area contributed by atoms with Gasteiger partial charge in [-0.15, -0.1) is 0 Å². The Morgan fingerprint density at radius 3 is 3.06 bits per heavy atom. The van der Waals surface area contributed by atoms with Crippen molar-refractivity contribution in [1.29, 1.82) is 0 Å². The number of aromatic nitrogens is 2. The van der Waals surface area contributed by atoms with Gasteiger partial charge >= 0.3 is 5.97 Å². The standard InChI is InChI=1S/C13H11FN2O2/c14-12-3-1-2-10(6-12)8-16-9-11(7-15-16)4-5-13(17)18/h1-7,9H,8H2,(H,17,18)/b5-4+. The summed E-state index contributed by atoms with van der Waals surface area (Å²) in [5.41, 5.74) is 1.49. The zero-order valence-corrected chi connectivity index (χ0v) is 9.45. The molecule has 1 N–H and O–H groups in total. The summed E-state index contributed by atoms with van der Waals surface area (Å²) in [4.78, 5) is 10.4. The first-order valence-electron chi connectivity index (χ1n) is 5.31. The highest BCUT2D eigenvalue weighted by molar-refractivity contribution is 5.85. The number of rotatable bonds is 4. The topological polar surface area (TPSA) is 55.1 Å². The fourth-order valence-corrected chi connectivity index (χ4v) is 1.54. The average Bonchev–Trinajstić information content (AvgIpc) is 2.74. The van der Waals surface area contributed by atoms with Crippen molar-refractivity contribution >= 4 is 12.0 Å². The van der Waals surface area contributed by atoms with Gasteiger partial charge < -0.3 is 5.11 Å². The van der Waals surface area contributed by atoms with Crippen LogP contribution in [0.1, 0.15) is 11.1 Å². The highest BCUT2D eigenvalue weighted by Crippen LogP contribution is 2.07. The first kappa shape index (κ1) is 12.0. The minimum atomic E-state index is -1.01. The molecule has 2 aromatic rings. The molecule has 2 rings (SSSR count). The van der Waals surface area contributed by atoms with Gasteiger partial charge in [-0.1, -0.05) is 12.1 Å². The van der Waals surface area contributed by atoms with E-state index in [1.54, 1.807) is 29.2 Å². The third-order valence-electron chi connectivity index (χ3n) is 2.31. The van der Waals surface area contributed by atoms with Crippen LogP contribution in [-0.2, 0) is 11.3 Å². The highest BCUT2D eigenvalue weighted by Gasteiger charge is 1.99. The Morgan fingerprint density at radius 2 is 2.33 bits per heavy atom. The fraction of sp³-hybridized carbons (Fsp3) is 0.0769. The Morgan fingerprint density at radius 1 is 1.50 bits per heavy atom. The van der Waals surface area contributed by atoms with Crippen molar-refractivity contribution in [1.82, 2.24) is 9.78 Å². The van der Waals surface area contributed by atoms with Crippen molar-refractivity contribution in [3.05, 3.63) is 59.7 Å². The number of carboxylic acids is 1. The number of hydrogen-bond donors (Lipinski definition) is 1. The number of benzene rings is 1. The van der Waals surface area contributed by atoms with Gasteiger partial charge in [0.15, 0.2) is 0 Å². The third kappa shape index (κ3) is 3.28. The SMILES string of the molecule is O=C(O)/C=C/c1cnn(Cc2cccc(F)c2)c1. The van der Waals surface area contributed by atoms with Crippen LogP contribution in [0.5, 0.6) is 0 Å². The smallest absolute Gasteiger partial charge is 0.328 e. The first-order valence-corrected chi connectivity index (χ1v) is 5.31. The molecular formula is C13H11FN2O2. The van der Waals surface area contributed by atoms with E-state index in [-0.39, 0.29) is 5.82 Å². The molecule has 92 valence electrons. The lowest BCUT2D eigenvalue weighted by molar-refractivity contribution is -0.131. The molecule has 0 amide bonds. The van der Waals surface area contributed by atoms with E-state index < -0.39 is 5.97 Å². The third-order valence-corrected chi connectivity index (χ3v) is 2.31. The Labute approximate surface area is 103 Å². The Balaban J connectivity index is 2.09. The van der Waals surface area contributed by atoms with E-state index in [1.807, 2.05) is 0 Å². The van der Waals surface area contributed by atoms with E-state index in [1.165, 1.54) is 18.2 Å². The van der Waals surface area contributed by atoms with E-state index in [0.717, 1.165) is 11.6 Å². The Kier molecular flexibility index (Phi) is 3.52. The second kappa shape index (κ2) is 5.27. The molecule has 1 heterocycles. The number of hydrogen-bond acceptors (Lipinski definition) is 2. The van der Waals surface area contributed by atoms with Crippen molar-refractivity contribution in [3.8, 4) is 0 Å². The van der Waals surface area contributed by atoms with Gasteiger partial charge in [0.2, 0.25) is 0 Å². The molecule has 18 heavy (non-hydrogen) atoms. The highest BCUT2D eigenvalue weighted by atomic mass is 19.1. The molecule has 0 bridgehead atoms. The van der Waals surface area contributed by atoms with Gasteiger partial charge in [-0.3, -0.25) is 4.68 Å². The molecule has 0 fully saturated rings. The lowest BCUT2D eigenvalue weighted by Crippen LogP contribution is -1.99. The maximum absolute atomic E-state index is 13.0. The summed E-state index contributed by atoms with van der Waals surface area (Å²) in [5, 5.41) is 12.6. The minimum absolute atomic E-state index is 0.286. The quantitative estimate of drug-likeness (QED) is 0.841. The van der Waals surface area contributed by atoms with E-state index in [0.29, 0.717) is 12.1 Å². The van der Waals surface area contributed by atoms with Crippen molar-refractivity contribution in [2.75, 3.05) is 0 Å². The monoisotopic (exact) mass is 246 g/mol. The van der Waals surface area contributed by atoms with E-state index in [4.69, 9.17) is 5.11 Å². The van der Waals surface area contributed by atoms with Crippen molar-refractivity contribution < 1.29 is 14.3 Å². The molecule has 0 saturated carbocycles. The lowest BCUT2D eigenvalue weighted by Gasteiger charge is -2.01. The first-order chi connectivity index (χ1) is 8.63. The van der Waals surface area contributed by atoms with Gasteiger partial charge in [-0.25, -0.2) is 9.18 Å². The second-order valence-corrected chi connectivity index (χ2v) is 3.77. The molecule has 0 radical (unpaired) electrons. The molecule has 0 aliphatic heterocycles. The largest absolute Gasteiger partial charge is 0.478 e. The second-order valence-electron chi connectivity index (χ2n) is 3.77. The van der Waals surface area contributed by atoms with Crippen LogP contribution >= 0.6 is 0 Å². The van der Waals surface area contributed by atoms with Gasteiger partial charge in [-0.2, -0.15) is 5.10 Å². The summed E-state index contributed by atoms with van der Waals surface area (Å²) < 4.78 is 14.6. The molecule has 1 aromatic carbocycles. The van der Waals surface area contributed by atoms with E-state index in [2.05, 4.69) is 5.10 Å². The average molecular weight is 246 g/mol. The van der Waals surface area contributed by atoms with Crippen molar-refractivity contribution in [3.63, 3.8) is 0 Å². The predicted molar refractivity (Wildman–Crippen MR) is 64.4 cm³/mol. The maximum Gasteiger partial charge on any atom is 0.328 e. The molecule has 0 atom stereocenters. The summed E-state index contributed by atoms with van der Waals surface area (Å²) in [5.74, 6) is -1.29. The van der Waals surface area contributed by atoms with Crippen LogP contribution in [-0.4, -0.2) is 20.9 Å². The normalized spacial score (nSPS) is 10.9. The number of halogens is 1. The lowest BCUT2D eigenvalue weighted by atomic mass is 10.2. The number of carbonyl (C=O) groups is 1. The molecule has 0 spiro atoms. The zero-order valence-electron chi connectivity index (χ0n) is 9.45. The number of carboxylic acid groups (broad SMARTS) is 1. The predicted octanol–water partition coefficient (Wildman–Crippen LogP) is 2.17. The van der Waals surface area contributed by atoms with Crippen LogP contribution in [0.3, 0.4) is 0 Å². The van der Waals surface area contributed by atoms with Crippen LogP contribution in [0.4, 0.5) is 4.39 Å². The zero-order chi connectivity index (χ0) is 13.0. The van der Waals surface area contributed by atoms with E-state index >= 15 is 0 Å². The van der Waals surface area contributed by atoms with Gasteiger partial charge in [0.1, 0.15) is 5.82 Å². The van der Waals surface area contributed by atoms with Gasteiger partial charge in [0.25, 0.3) is 0 Å². The van der Waals surface area contributed by atoms with Gasteiger partial charge in [0, 0.05) is 17.8 Å². The minimum Gasteiger partial charge on any atom is -0.478 e. The van der Waals surface area contributed by atoms with Crippen LogP contribution in [0.2, 0.25) is 0 Å². The molecule has 0 unspecified atom stereocenters. The summed E-state index contributed by atoms with van der Waals surface area (Å²) >= 11 is 0. The molecule has 0 aliphatic carbocycles. The number of aliphatic carboxylic acids is 1. The van der Waals surface area contributed by atoms with Crippen molar-refractivity contribution in [2.24, 2.45) is 0 Å². The van der Waals surface area contributed by atoms with Crippen LogP contribution in [0.15, 0.2) is 42.7 Å². The Hall–Kier alpha value is -2.43. The van der Waals surface area contributed by atoms with Crippen LogP contribution in [0, 0.1) is 5.82 Å². The van der Waals surface area contributed by atoms with Crippen molar-refractivity contribution in [2.45, 2.75) is 6.54 Å². The number of nitrogens with zero attached hydrogens (tertiary/aromatic N) is 2. The molecule has 1 aromatic heterocycles. The summed E-state index contributed by atoms with van der Waals surface area (Å²) in [7, 11) is 0. The van der Waals surface area contributed by atoms with Gasteiger partial charge in [0.05, 0.1) is 12.7 Å². The Bertz CT molecular complexity index is 590. The summed E-state index contributed by atoms with van der Waals surface area (Å²) in [6.45, 7) is 0.443. The molecular weight excluding hydrogens is 235 g/mol. The molecule has 5 heteroatoms. The van der Waals surface area contributed by atoms with Crippen LogP contribution < -0.4 is 0 Å². The summed E-state index contributed by atoms with van der Waals surface area (Å²) in [6.07, 6.45) is 5.75. The van der Waals surface area contributed by atoms with Gasteiger partial charge in [-0.05, 0) is 23.8 Å². The molecule has 0 saturated heterocycles. The fourth-order valence-electron chi connectivity index (χ4n) is 1.54. The van der Waals surface area contributed by atoms with E-state index in [9.17, 15) is 9.18 Å². The summed E-state index contributed by atoms with van der Waals surface area (Å²) in [6, 6.07) is 6.26.